The van der Waals surface area contributed by atoms with Crippen molar-refractivity contribution in [1.29, 1.82) is 0 Å². The molecule has 1 aromatic heterocycles. The Morgan fingerprint density at radius 3 is 2.67 bits per heavy atom. The predicted octanol–water partition coefficient (Wildman–Crippen LogP) is 5.39. The predicted molar refractivity (Wildman–Crippen MR) is 87.2 cm³/mol. The highest BCUT2D eigenvalue weighted by molar-refractivity contribution is 9.10. The molecular formula is C16H11BrFNOS. The fourth-order valence-corrected chi connectivity index (χ4v) is 3.32. The maximum atomic E-state index is 14.1. The van der Waals surface area contributed by atoms with Crippen LogP contribution < -0.4 is 4.74 Å². The topological polar surface area (TPSA) is 22.1 Å². The molecule has 0 saturated heterocycles. The van der Waals surface area contributed by atoms with Crippen LogP contribution in [0.25, 0.3) is 21.8 Å². The van der Waals surface area contributed by atoms with Gasteiger partial charge in [0.05, 0.1) is 12.8 Å². The number of aromatic nitrogens is 1. The minimum absolute atomic E-state index is 0.331. The molecule has 0 spiro atoms. The highest BCUT2D eigenvalue weighted by atomic mass is 79.9. The second-order valence-electron chi connectivity index (χ2n) is 4.36. The molecule has 3 rings (SSSR count). The van der Waals surface area contributed by atoms with Crippen molar-refractivity contribution in [2.75, 3.05) is 7.11 Å². The van der Waals surface area contributed by atoms with Gasteiger partial charge in [0.15, 0.2) is 0 Å². The first-order valence-electron chi connectivity index (χ1n) is 6.23. The van der Waals surface area contributed by atoms with Gasteiger partial charge < -0.3 is 4.74 Å². The number of hydrogen-bond donors (Lipinski definition) is 0. The van der Waals surface area contributed by atoms with Gasteiger partial charge in [-0.1, -0.05) is 34.1 Å². The summed E-state index contributed by atoms with van der Waals surface area (Å²) in [5.41, 5.74) is 2.31. The van der Waals surface area contributed by atoms with Gasteiger partial charge in [-0.2, -0.15) is 0 Å². The van der Waals surface area contributed by atoms with Crippen molar-refractivity contribution in [3.05, 3.63) is 58.1 Å². The van der Waals surface area contributed by atoms with E-state index < -0.39 is 0 Å². The number of nitrogens with zero attached hydrogens (tertiary/aromatic N) is 1. The van der Waals surface area contributed by atoms with Gasteiger partial charge >= 0.3 is 0 Å². The Kier molecular flexibility index (Phi) is 4.03. The van der Waals surface area contributed by atoms with E-state index in [1.807, 2.05) is 29.6 Å². The molecule has 2 aromatic carbocycles. The SMILES string of the molecule is COc1ccc(-c2nc(-c3ccccc3Br)cs2)c(F)c1. The van der Waals surface area contributed by atoms with E-state index in [1.54, 1.807) is 12.1 Å². The zero-order valence-electron chi connectivity index (χ0n) is 11.1. The molecule has 2 nitrogen and oxygen atoms in total. The van der Waals surface area contributed by atoms with Gasteiger partial charge in [-0.05, 0) is 18.2 Å². The first kappa shape index (κ1) is 14.2. The van der Waals surface area contributed by atoms with Crippen LogP contribution in [0.5, 0.6) is 5.75 Å². The normalized spacial score (nSPS) is 10.6. The smallest absolute Gasteiger partial charge is 0.137 e. The van der Waals surface area contributed by atoms with Crippen molar-refractivity contribution in [3.63, 3.8) is 0 Å². The number of hydrogen-bond acceptors (Lipinski definition) is 3. The average Bonchev–Trinajstić information content (AvgIpc) is 2.97. The Hall–Kier alpha value is -1.72. The van der Waals surface area contributed by atoms with Gasteiger partial charge in [-0.25, -0.2) is 9.37 Å². The van der Waals surface area contributed by atoms with E-state index in [4.69, 9.17) is 4.74 Å². The molecule has 3 aromatic rings. The van der Waals surface area contributed by atoms with E-state index in [0.29, 0.717) is 16.3 Å². The fraction of sp³-hybridized carbons (Fsp3) is 0.0625. The largest absolute Gasteiger partial charge is 0.497 e. The average molecular weight is 364 g/mol. The standard InChI is InChI=1S/C16H11BrFNOS/c1-20-10-6-7-12(14(18)8-10)16-19-15(9-21-16)11-4-2-3-5-13(11)17/h2-9H,1H3. The number of rotatable bonds is 3. The van der Waals surface area contributed by atoms with E-state index in [0.717, 1.165) is 15.7 Å². The minimum Gasteiger partial charge on any atom is -0.497 e. The molecule has 0 N–H and O–H groups in total. The Morgan fingerprint density at radius 2 is 1.95 bits per heavy atom. The van der Waals surface area contributed by atoms with E-state index >= 15 is 0 Å². The summed E-state index contributed by atoms with van der Waals surface area (Å²) in [6.45, 7) is 0. The van der Waals surface area contributed by atoms with Gasteiger partial charge in [0.2, 0.25) is 0 Å². The lowest BCUT2D eigenvalue weighted by Gasteiger charge is -2.03. The molecule has 1 heterocycles. The van der Waals surface area contributed by atoms with Crippen molar-refractivity contribution in [2.24, 2.45) is 0 Å². The van der Waals surface area contributed by atoms with Crippen LogP contribution in [0.15, 0.2) is 52.3 Å². The highest BCUT2D eigenvalue weighted by Crippen LogP contribution is 2.34. The Bertz CT molecular complexity index is 787. The van der Waals surface area contributed by atoms with Crippen molar-refractivity contribution in [3.8, 4) is 27.6 Å². The molecule has 0 atom stereocenters. The van der Waals surface area contributed by atoms with Crippen LogP contribution in [0.2, 0.25) is 0 Å². The molecule has 0 aliphatic carbocycles. The molecule has 0 saturated carbocycles. The third-order valence-electron chi connectivity index (χ3n) is 3.06. The van der Waals surface area contributed by atoms with Crippen LogP contribution in [0.4, 0.5) is 4.39 Å². The van der Waals surface area contributed by atoms with Gasteiger partial charge in [0.25, 0.3) is 0 Å². The third kappa shape index (κ3) is 2.84. The zero-order valence-corrected chi connectivity index (χ0v) is 13.5. The molecule has 0 aliphatic heterocycles. The molecule has 0 bridgehead atoms. The summed E-state index contributed by atoms with van der Waals surface area (Å²) in [5.74, 6) is 0.168. The van der Waals surface area contributed by atoms with Crippen LogP contribution in [0, 0.1) is 5.82 Å². The Labute approximate surface area is 134 Å². The number of ether oxygens (including phenoxy) is 1. The van der Waals surface area contributed by atoms with Crippen LogP contribution in [0.1, 0.15) is 0 Å². The van der Waals surface area contributed by atoms with Crippen molar-refractivity contribution in [1.82, 2.24) is 4.98 Å². The van der Waals surface area contributed by atoms with Crippen molar-refractivity contribution in [2.45, 2.75) is 0 Å². The van der Waals surface area contributed by atoms with E-state index in [2.05, 4.69) is 20.9 Å². The first-order valence-corrected chi connectivity index (χ1v) is 7.90. The summed E-state index contributed by atoms with van der Waals surface area (Å²) in [7, 11) is 1.52. The molecule has 5 heteroatoms. The van der Waals surface area contributed by atoms with E-state index in [-0.39, 0.29) is 5.82 Å². The lowest BCUT2D eigenvalue weighted by molar-refractivity contribution is 0.411. The minimum atomic E-state index is -0.331. The molecule has 0 unspecified atom stereocenters. The molecule has 0 aliphatic rings. The number of halogens is 2. The summed E-state index contributed by atoms with van der Waals surface area (Å²) in [6, 6.07) is 12.6. The molecule has 21 heavy (non-hydrogen) atoms. The zero-order chi connectivity index (χ0) is 14.8. The summed E-state index contributed by atoms with van der Waals surface area (Å²) >= 11 is 4.93. The van der Waals surface area contributed by atoms with Crippen LogP contribution in [0.3, 0.4) is 0 Å². The van der Waals surface area contributed by atoms with Gasteiger partial charge in [-0.15, -0.1) is 11.3 Å². The van der Waals surface area contributed by atoms with Crippen molar-refractivity contribution < 1.29 is 9.13 Å². The maximum Gasteiger partial charge on any atom is 0.137 e. The summed E-state index contributed by atoms with van der Waals surface area (Å²) in [6.07, 6.45) is 0. The van der Waals surface area contributed by atoms with Crippen LogP contribution in [-0.2, 0) is 0 Å². The highest BCUT2D eigenvalue weighted by Gasteiger charge is 2.12. The lowest BCUT2D eigenvalue weighted by atomic mass is 10.2. The third-order valence-corrected chi connectivity index (χ3v) is 4.63. The van der Waals surface area contributed by atoms with Gasteiger partial charge in [0.1, 0.15) is 16.6 Å². The van der Waals surface area contributed by atoms with E-state index in [9.17, 15) is 4.39 Å². The Morgan fingerprint density at radius 1 is 1.14 bits per heavy atom. The quantitative estimate of drug-likeness (QED) is 0.622. The molecular weight excluding hydrogens is 353 g/mol. The van der Waals surface area contributed by atoms with Crippen LogP contribution >= 0.6 is 27.3 Å². The Balaban J connectivity index is 2.01. The number of methoxy groups -OCH3 is 1. The second-order valence-corrected chi connectivity index (χ2v) is 6.08. The lowest BCUT2D eigenvalue weighted by Crippen LogP contribution is -1.88. The fourth-order valence-electron chi connectivity index (χ4n) is 1.99. The van der Waals surface area contributed by atoms with Crippen LogP contribution in [-0.4, -0.2) is 12.1 Å². The molecule has 0 amide bonds. The van der Waals surface area contributed by atoms with Gasteiger partial charge in [0, 0.05) is 27.0 Å². The monoisotopic (exact) mass is 363 g/mol. The van der Waals surface area contributed by atoms with Gasteiger partial charge in [-0.3, -0.25) is 0 Å². The van der Waals surface area contributed by atoms with Crippen molar-refractivity contribution >= 4 is 27.3 Å². The molecule has 106 valence electrons. The second kappa shape index (κ2) is 5.95. The summed E-state index contributed by atoms with van der Waals surface area (Å²) < 4.78 is 20.1. The maximum absolute atomic E-state index is 14.1. The number of benzene rings is 2. The molecule has 0 radical (unpaired) electrons. The van der Waals surface area contributed by atoms with E-state index in [1.165, 1.54) is 24.5 Å². The number of thiazole rings is 1. The molecule has 0 fully saturated rings. The summed E-state index contributed by atoms with van der Waals surface area (Å²) in [4.78, 5) is 4.54. The first-order chi connectivity index (χ1) is 10.2. The summed E-state index contributed by atoms with van der Waals surface area (Å²) in [5, 5.41) is 2.58.